The Bertz CT molecular complexity index is 1140. The van der Waals surface area contributed by atoms with E-state index in [-0.39, 0.29) is 12.5 Å². The number of alkyl halides is 3. The number of methoxy groups -OCH3 is 1. The van der Waals surface area contributed by atoms with E-state index in [1.165, 1.54) is 17.4 Å². The number of thioether (sulfide) groups is 1. The Morgan fingerprint density at radius 1 is 1.15 bits per heavy atom. The summed E-state index contributed by atoms with van der Waals surface area (Å²) in [5.41, 5.74) is 1.28. The molecule has 0 spiro atoms. The normalized spacial score (nSPS) is 12.8. The number of aryl methyl sites for hydroxylation is 2. The van der Waals surface area contributed by atoms with Crippen molar-refractivity contribution >= 4 is 39.2 Å². The van der Waals surface area contributed by atoms with Crippen LogP contribution in [0.3, 0.4) is 0 Å². The number of hydrogen-bond acceptors (Lipinski definition) is 5. The number of fused-ring (bicyclic) bond motifs is 1. The highest BCUT2D eigenvalue weighted by Gasteiger charge is 2.31. The van der Waals surface area contributed by atoms with E-state index in [4.69, 9.17) is 14.6 Å². The quantitative estimate of drug-likeness (QED) is 0.273. The van der Waals surface area contributed by atoms with Crippen LogP contribution in [-0.4, -0.2) is 37.2 Å². The average Bonchev–Trinajstić information content (AvgIpc) is 3.10. The number of carboxylic acid groups (broad SMARTS) is 1. The fourth-order valence-corrected chi connectivity index (χ4v) is 6.29. The minimum absolute atomic E-state index is 0.179. The molecule has 1 unspecified atom stereocenters. The number of carboxylic acids is 1. The zero-order valence-corrected chi connectivity index (χ0v) is 20.8. The number of rotatable bonds is 11. The molecule has 1 atom stereocenters. The number of ether oxygens (including phenoxy) is 2. The number of aliphatic carboxylic acids is 1. The van der Waals surface area contributed by atoms with Crippen LogP contribution in [0.25, 0.3) is 10.1 Å². The highest BCUT2D eigenvalue weighted by Crippen LogP contribution is 2.41. The molecule has 2 aromatic carbocycles. The highest BCUT2D eigenvalue weighted by molar-refractivity contribution is 7.99. The average molecular weight is 513 g/mol. The Morgan fingerprint density at radius 2 is 1.91 bits per heavy atom. The zero-order valence-electron chi connectivity index (χ0n) is 19.2. The van der Waals surface area contributed by atoms with Gasteiger partial charge in [0, 0.05) is 28.2 Å². The Kier molecular flexibility index (Phi) is 8.89. The van der Waals surface area contributed by atoms with Crippen LogP contribution >= 0.6 is 23.1 Å². The van der Waals surface area contributed by atoms with Gasteiger partial charge >= 0.3 is 12.1 Å². The summed E-state index contributed by atoms with van der Waals surface area (Å²) in [4.78, 5) is 12.9. The third-order valence-corrected chi connectivity index (χ3v) is 8.02. The van der Waals surface area contributed by atoms with Crippen LogP contribution in [0.4, 0.5) is 13.2 Å². The minimum Gasteiger partial charge on any atom is -0.482 e. The van der Waals surface area contributed by atoms with Crippen molar-refractivity contribution in [1.29, 1.82) is 0 Å². The molecule has 9 heteroatoms. The second kappa shape index (κ2) is 11.5. The van der Waals surface area contributed by atoms with E-state index in [1.807, 2.05) is 26.0 Å². The van der Waals surface area contributed by atoms with Gasteiger partial charge in [-0.3, -0.25) is 0 Å². The maximum Gasteiger partial charge on any atom is 0.416 e. The van der Waals surface area contributed by atoms with E-state index in [9.17, 15) is 18.0 Å². The summed E-state index contributed by atoms with van der Waals surface area (Å²) in [7, 11) is 1.65. The fourth-order valence-electron chi connectivity index (χ4n) is 3.81. The molecule has 1 N–H and O–H groups in total. The number of carbonyl (C=O) groups is 1. The second-order valence-corrected chi connectivity index (χ2v) is 10.3. The molecule has 34 heavy (non-hydrogen) atoms. The van der Waals surface area contributed by atoms with E-state index in [1.54, 1.807) is 31.0 Å². The van der Waals surface area contributed by atoms with Gasteiger partial charge in [-0.2, -0.15) is 13.2 Å². The predicted octanol–water partition coefficient (Wildman–Crippen LogP) is 7.30. The molecule has 4 nitrogen and oxygen atoms in total. The summed E-state index contributed by atoms with van der Waals surface area (Å²) < 4.78 is 50.7. The molecule has 0 radical (unpaired) electrons. The van der Waals surface area contributed by atoms with Gasteiger partial charge in [-0.05, 0) is 85.2 Å². The molecule has 3 rings (SSSR count). The molecule has 0 amide bonds. The first kappa shape index (κ1) is 26.4. The molecule has 0 aliphatic heterocycles. The van der Waals surface area contributed by atoms with Crippen molar-refractivity contribution in [3.05, 3.63) is 58.0 Å². The van der Waals surface area contributed by atoms with Crippen LogP contribution in [0.5, 0.6) is 5.75 Å². The van der Waals surface area contributed by atoms with Crippen LogP contribution in [-0.2, 0) is 15.7 Å². The third-order valence-electron chi connectivity index (χ3n) is 5.58. The lowest BCUT2D eigenvalue weighted by atomic mass is 9.96. The van der Waals surface area contributed by atoms with Gasteiger partial charge in [0.15, 0.2) is 6.61 Å². The van der Waals surface area contributed by atoms with E-state index in [2.05, 4.69) is 0 Å². The largest absolute Gasteiger partial charge is 0.482 e. The molecule has 1 aromatic heterocycles. The van der Waals surface area contributed by atoms with Gasteiger partial charge in [0.2, 0.25) is 0 Å². The standard InChI is InChI=1S/C25H27F3O4S2/c1-15-12-19(5-7-21(15)32-14-23(29)30)33-11-9-17(8-10-31-3)24-16(2)20-6-4-18(25(26,27)28)13-22(20)34-24/h4-7,12-13,17H,8-11,14H2,1-3H3,(H,29,30). The summed E-state index contributed by atoms with van der Waals surface area (Å²) in [6.45, 7) is 4.05. The zero-order chi connectivity index (χ0) is 24.9. The molecule has 184 valence electrons. The first-order valence-electron chi connectivity index (χ1n) is 10.8. The number of benzene rings is 2. The molecule has 0 fully saturated rings. The predicted molar refractivity (Wildman–Crippen MR) is 130 cm³/mol. The smallest absolute Gasteiger partial charge is 0.416 e. The lowest BCUT2D eigenvalue weighted by Gasteiger charge is -2.16. The first-order chi connectivity index (χ1) is 16.1. The van der Waals surface area contributed by atoms with Crippen molar-refractivity contribution in [2.24, 2.45) is 0 Å². The monoisotopic (exact) mass is 512 g/mol. The summed E-state index contributed by atoms with van der Waals surface area (Å²) in [5.74, 6) is 0.526. The van der Waals surface area contributed by atoms with Gasteiger partial charge in [-0.25, -0.2) is 4.79 Å². The van der Waals surface area contributed by atoms with Crippen LogP contribution in [0.2, 0.25) is 0 Å². The highest BCUT2D eigenvalue weighted by atomic mass is 32.2. The molecule has 3 aromatic rings. The summed E-state index contributed by atoms with van der Waals surface area (Å²) >= 11 is 3.13. The lowest BCUT2D eigenvalue weighted by Crippen LogP contribution is -2.10. The van der Waals surface area contributed by atoms with Crippen molar-refractivity contribution in [3.8, 4) is 5.75 Å². The van der Waals surface area contributed by atoms with Crippen molar-refractivity contribution in [1.82, 2.24) is 0 Å². The van der Waals surface area contributed by atoms with Crippen molar-refractivity contribution in [2.75, 3.05) is 26.1 Å². The fraction of sp³-hybridized carbons (Fsp3) is 0.400. The maximum absolute atomic E-state index is 13.2. The second-order valence-electron chi connectivity index (χ2n) is 8.03. The molecule has 0 bridgehead atoms. The summed E-state index contributed by atoms with van der Waals surface area (Å²) in [5, 5.41) is 9.64. The van der Waals surface area contributed by atoms with Gasteiger partial charge in [-0.15, -0.1) is 23.1 Å². The van der Waals surface area contributed by atoms with Gasteiger partial charge in [0.1, 0.15) is 5.75 Å². The summed E-state index contributed by atoms with van der Waals surface area (Å²) in [6.07, 6.45) is -2.72. The van der Waals surface area contributed by atoms with Crippen molar-refractivity contribution in [2.45, 2.75) is 43.7 Å². The van der Waals surface area contributed by atoms with Crippen molar-refractivity contribution < 1.29 is 32.5 Å². The van der Waals surface area contributed by atoms with Gasteiger partial charge in [0.05, 0.1) is 5.56 Å². The minimum atomic E-state index is -4.36. The maximum atomic E-state index is 13.2. The molecule has 1 heterocycles. The first-order valence-corrected chi connectivity index (χ1v) is 12.6. The van der Waals surface area contributed by atoms with E-state index < -0.39 is 17.7 Å². The molecule has 0 aliphatic rings. The van der Waals surface area contributed by atoms with E-state index in [0.717, 1.165) is 50.9 Å². The molecular weight excluding hydrogens is 485 g/mol. The van der Waals surface area contributed by atoms with E-state index >= 15 is 0 Å². The number of thiophene rings is 1. The molecule has 0 saturated heterocycles. The Hall–Kier alpha value is -2.23. The molecular formula is C25H27F3O4S2. The molecule has 0 aliphatic carbocycles. The Labute approximate surface area is 205 Å². The topological polar surface area (TPSA) is 55.8 Å². The third kappa shape index (κ3) is 6.67. The van der Waals surface area contributed by atoms with Crippen molar-refractivity contribution in [3.63, 3.8) is 0 Å². The van der Waals surface area contributed by atoms with Crippen LogP contribution in [0.15, 0.2) is 41.3 Å². The van der Waals surface area contributed by atoms with Gasteiger partial charge in [-0.1, -0.05) is 6.07 Å². The van der Waals surface area contributed by atoms with Crippen LogP contribution in [0.1, 0.15) is 40.3 Å². The SMILES string of the molecule is COCCC(CCSc1ccc(OCC(=O)O)c(C)c1)c1sc2cc(C(F)(F)F)ccc2c1C. The van der Waals surface area contributed by atoms with Crippen LogP contribution < -0.4 is 4.74 Å². The number of hydrogen-bond donors (Lipinski definition) is 1. The number of halogens is 3. The Balaban J connectivity index is 1.73. The van der Waals surface area contributed by atoms with Gasteiger partial charge < -0.3 is 14.6 Å². The summed E-state index contributed by atoms with van der Waals surface area (Å²) in [6, 6.07) is 9.62. The van der Waals surface area contributed by atoms with E-state index in [0.29, 0.717) is 17.1 Å². The van der Waals surface area contributed by atoms with Crippen LogP contribution in [0, 0.1) is 13.8 Å². The Morgan fingerprint density at radius 3 is 2.56 bits per heavy atom. The molecule has 0 saturated carbocycles. The lowest BCUT2D eigenvalue weighted by molar-refractivity contribution is -0.139. The van der Waals surface area contributed by atoms with Gasteiger partial charge in [0.25, 0.3) is 0 Å².